The number of hydrogen-bond donors (Lipinski definition) is 1. The van der Waals surface area contributed by atoms with E-state index in [1.54, 1.807) is 12.1 Å². The van der Waals surface area contributed by atoms with Crippen molar-refractivity contribution in [2.24, 2.45) is 0 Å². The van der Waals surface area contributed by atoms with Gasteiger partial charge < -0.3 is 19.3 Å². The molecule has 2 fully saturated rings. The van der Waals surface area contributed by atoms with E-state index < -0.39 is 5.97 Å². The smallest absolute Gasteiger partial charge is 0.335 e. The average Bonchev–Trinajstić information content (AvgIpc) is 3.77. The van der Waals surface area contributed by atoms with Crippen LogP contribution >= 0.6 is 35.8 Å². The maximum absolute atomic E-state index is 13.2. The zero-order valence-electron chi connectivity index (χ0n) is 25.7. The van der Waals surface area contributed by atoms with Crippen molar-refractivity contribution in [1.29, 1.82) is 0 Å². The van der Waals surface area contributed by atoms with Gasteiger partial charge in [0, 0.05) is 35.3 Å². The number of carbonyl (C=O) groups excluding carboxylic acids is 1. The number of amides is 1. The number of nitrogens with zero attached hydrogens (tertiary/aromatic N) is 3. The molecule has 7 nitrogen and oxygen atoms in total. The first-order valence-electron chi connectivity index (χ1n) is 15.7. The fourth-order valence-electron chi connectivity index (χ4n) is 6.47. The molecule has 0 aliphatic carbocycles. The number of imidazole rings is 1. The molecule has 3 heterocycles. The average molecular weight is 689 g/mol. The third-order valence-electron chi connectivity index (χ3n) is 8.90. The lowest BCUT2D eigenvalue weighted by Crippen LogP contribution is -2.27. The largest absolute Gasteiger partial charge is 0.489 e. The molecule has 1 N–H and O–H groups in total. The Bertz CT molecular complexity index is 1900. The molecule has 4 aromatic carbocycles. The van der Waals surface area contributed by atoms with Crippen LogP contribution in [0.4, 0.5) is 0 Å². The predicted molar refractivity (Wildman–Crippen MR) is 191 cm³/mol. The van der Waals surface area contributed by atoms with Crippen LogP contribution in [-0.4, -0.2) is 56.0 Å². The van der Waals surface area contributed by atoms with Gasteiger partial charge in [0.1, 0.15) is 18.2 Å². The number of fused-ring (bicyclic) bond motifs is 1. The van der Waals surface area contributed by atoms with Crippen molar-refractivity contribution in [3.63, 3.8) is 0 Å². The Morgan fingerprint density at radius 3 is 2.26 bits per heavy atom. The number of aromatic carboxylic acids is 1. The van der Waals surface area contributed by atoms with Crippen LogP contribution in [0.1, 0.15) is 58.0 Å². The van der Waals surface area contributed by atoms with E-state index in [1.807, 2.05) is 89.5 Å². The van der Waals surface area contributed by atoms with Gasteiger partial charge >= 0.3 is 5.97 Å². The number of aromatic nitrogens is 2. The first kappa shape index (κ1) is 32.9. The van der Waals surface area contributed by atoms with Crippen LogP contribution in [0, 0.1) is 0 Å². The topological polar surface area (TPSA) is 84.7 Å². The predicted octanol–water partition coefficient (Wildman–Crippen LogP) is 9.03. The maximum atomic E-state index is 13.2. The summed E-state index contributed by atoms with van der Waals surface area (Å²) in [6, 6.07) is 27.0. The minimum absolute atomic E-state index is 0. The monoisotopic (exact) mass is 687 g/mol. The summed E-state index contributed by atoms with van der Waals surface area (Å²) in [5, 5.41) is 10.2. The molecule has 47 heavy (non-hydrogen) atoms. The molecule has 0 spiro atoms. The van der Waals surface area contributed by atoms with Gasteiger partial charge in [0.25, 0.3) is 5.91 Å². The molecule has 1 amide bonds. The number of rotatable bonds is 8. The number of carboxylic acids is 1. The van der Waals surface area contributed by atoms with Crippen LogP contribution in [0.5, 0.6) is 5.75 Å². The van der Waals surface area contributed by atoms with Crippen molar-refractivity contribution in [3.05, 3.63) is 107 Å². The van der Waals surface area contributed by atoms with Crippen molar-refractivity contribution in [1.82, 2.24) is 14.5 Å². The summed E-state index contributed by atoms with van der Waals surface area (Å²) in [6.07, 6.45) is 4.17. The Hall–Kier alpha value is -3.98. The van der Waals surface area contributed by atoms with Crippen LogP contribution in [0.25, 0.3) is 33.5 Å². The van der Waals surface area contributed by atoms with E-state index in [0.717, 1.165) is 83.9 Å². The molecule has 0 saturated carbocycles. The van der Waals surface area contributed by atoms with E-state index in [4.69, 9.17) is 21.3 Å². The summed E-state index contributed by atoms with van der Waals surface area (Å²) in [6.45, 7) is 1.88. The molecule has 242 valence electrons. The van der Waals surface area contributed by atoms with Crippen LogP contribution in [-0.2, 0) is 6.61 Å². The lowest BCUT2D eigenvalue weighted by atomic mass is 9.97. The van der Waals surface area contributed by atoms with Gasteiger partial charge in [-0.05, 0) is 121 Å². The summed E-state index contributed by atoms with van der Waals surface area (Å²) in [7, 11) is 0. The first-order chi connectivity index (χ1) is 22.4. The normalized spacial score (nSPS) is 15.0. The molecule has 10 heteroatoms. The fourth-order valence-corrected chi connectivity index (χ4v) is 7.68. The minimum Gasteiger partial charge on any atom is -0.489 e. The highest BCUT2D eigenvalue weighted by Crippen LogP contribution is 2.36. The number of ether oxygens (including phenoxy) is 1. The van der Waals surface area contributed by atoms with Crippen LogP contribution in [0.2, 0.25) is 5.02 Å². The van der Waals surface area contributed by atoms with E-state index >= 15 is 0 Å². The van der Waals surface area contributed by atoms with Crippen molar-refractivity contribution >= 4 is 58.7 Å². The Balaban J connectivity index is 0.00000386. The Morgan fingerprint density at radius 1 is 0.872 bits per heavy atom. The minimum atomic E-state index is -0.960. The van der Waals surface area contributed by atoms with Crippen LogP contribution < -0.4 is 4.74 Å². The third kappa shape index (κ3) is 7.00. The van der Waals surface area contributed by atoms with Gasteiger partial charge in [-0.15, -0.1) is 12.4 Å². The summed E-state index contributed by atoms with van der Waals surface area (Å²) in [4.78, 5) is 31.7. The van der Waals surface area contributed by atoms with Gasteiger partial charge in [-0.1, -0.05) is 29.8 Å². The maximum Gasteiger partial charge on any atom is 0.335 e. The number of hydrogen-bond acceptors (Lipinski definition) is 5. The highest BCUT2D eigenvalue weighted by molar-refractivity contribution is 7.99. The van der Waals surface area contributed by atoms with E-state index in [1.165, 1.54) is 0 Å². The molecular formula is C37H35Cl2N3O4S. The van der Waals surface area contributed by atoms with Crippen LogP contribution in [0.15, 0.2) is 84.9 Å². The first-order valence-corrected chi connectivity index (χ1v) is 17.2. The quantitative estimate of drug-likeness (QED) is 0.175. The second kappa shape index (κ2) is 14.4. The molecular weight excluding hydrogens is 653 g/mol. The molecule has 0 atom stereocenters. The zero-order valence-corrected chi connectivity index (χ0v) is 28.1. The summed E-state index contributed by atoms with van der Waals surface area (Å²) in [5.41, 5.74) is 6.40. The molecule has 0 bridgehead atoms. The Morgan fingerprint density at radius 2 is 1.55 bits per heavy atom. The highest BCUT2D eigenvalue weighted by Gasteiger charge is 2.24. The van der Waals surface area contributed by atoms with Crippen molar-refractivity contribution < 1.29 is 19.4 Å². The highest BCUT2D eigenvalue weighted by atomic mass is 35.5. The molecule has 1 aromatic heterocycles. The lowest BCUT2D eigenvalue weighted by Gasteiger charge is -2.25. The second-order valence-corrected chi connectivity index (χ2v) is 13.5. The molecule has 0 unspecified atom stereocenters. The third-order valence-corrected chi connectivity index (χ3v) is 10.2. The van der Waals surface area contributed by atoms with E-state index in [0.29, 0.717) is 27.9 Å². The molecule has 2 saturated heterocycles. The molecule has 2 aliphatic rings. The Labute approximate surface area is 289 Å². The molecule has 5 aromatic rings. The van der Waals surface area contributed by atoms with Gasteiger partial charge in [0.2, 0.25) is 0 Å². The van der Waals surface area contributed by atoms with Crippen LogP contribution in [0.3, 0.4) is 0 Å². The van der Waals surface area contributed by atoms with Gasteiger partial charge in [-0.3, -0.25) is 4.79 Å². The number of thioether (sulfide) groups is 1. The van der Waals surface area contributed by atoms with Gasteiger partial charge in [-0.2, -0.15) is 11.8 Å². The Kier molecular flexibility index (Phi) is 10.1. The number of carbonyl (C=O) groups is 2. The number of benzene rings is 4. The van der Waals surface area contributed by atoms with Gasteiger partial charge in [0.15, 0.2) is 0 Å². The standard InChI is InChI=1S/C37H34ClN3O4S.ClH/c38-29-9-3-24(4-10-29)32-13-7-26(36(42)40-17-1-2-18-40)21-28(32)23-45-31-11-5-25(6-12-31)35-39-33-22-27(37(43)44)8-14-34(33)41(35)30-15-19-46-20-16-30;/h3-14,21-22,30H,1-2,15-20,23H2,(H,43,44);1H. The lowest BCUT2D eigenvalue weighted by molar-refractivity contribution is 0.0696. The van der Waals surface area contributed by atoms with E-state index in [-0.39, 0.29) is 30.5 Å². The zero-order chi connectivity index (χ0) is 31.6. The number of likely N-dealkylation sites (tertiary alicyclic amines) is 1. The fraction of sp³-hybridized carbons (Fsp3) is 0.270. The van der Waals surface area contributed by atoms with Crippen molar-refractivity contribution in [3.8, 4) is 28.3 Å². The van der Waals surface area contributed by atoms with E-state index in [2.05, 4.69) is 4.57 Å². The second-order valence-electron chi connectivity index (χ2n) is 11.8. The molecule has 2 aliphatic heterocycles. The van der Waals surface area contributed by atoms with Crippen molar-refractivity contribution in [2.75, 3.05) is 24.6 Å². The summed E-state index contributed by atoms with van der Waals surface area (Å²) < 4.78 is 8.62. The number of carboxylic acid groups (broad SMARTS) is 1. The van der Waals surface area contributed by atoms with Gasteiger partial charge in [0.05, 0.1) is 16.6 Å². The SMILES string of the molecule is Cl.O=C(O)c1ccc2c(c1)nc(-c1ccc(OCc3cc(C(=O)N4CCCC4)ccc3-c3ccc(Cl)cc3)cc1)n2C1CCSCC1. The summed E-state index contributed by atoms with van der Waals surface area (Å²) in [5.74, 6) is 2.81. The van der Waals surface area contributed by atoms with Crippen molar-refractivity contribution in [2.45, 2.75) is 38.3 Å². The number of halogens is 2. The molecule has 0 radical (unpaired) electrons. The molecule has 7 rings (SSSR count). The summed E-state index contributed by atoms with van der Waals surface area (Å²) >= 11 is 8.14. The van der Waals surface area contributed by atoms with Gasteiger partial charge in [-0.25, -0.2) is 9.78 Å². The van der Waals surface area contributed by atoms with E-state index in [9.17, 15) is 14.7 Å².